The highest BCUT2D eigenvalue weighted by Crippen LogP contribution is 2.31. The van der Waals surface area contributed by atoms with E-state index in [0.717, 1.165) is 32.3 Å². The van der Waals surface area contributed by atoms with Crippen LogP contribution in [0.4, 0.5) is 0 Å². The Morgan fingerprint density at radius 1 is 1.42 bits per heavy atom. The van der Waals surface area contributed by atoms with Gasteiger partial charge in [-0.3, -0.25) is 4.79 Å². The summed E-state index contributed by atoms with van der Waals surface area (Å²) in [5.74, 6) is -0.0412. The maximum Gasteiger partial charge on any atom is 0.237 e. The minimum absolute atomic E-state index is 0.0412. The van der Waals surface area contributed by atoms with E-state index in [1.165, 1.54) is 0 Å². The first-order chi connectivity index (χ1) is 8.74. The summed E-state index contributed by atoms with van der Waals surface area (Å²) >= 11 is 0. The van der Waals surface area contributed by atoms with Crippen molar-refractivity contribution in [2.75, 3.05) is 6.61 Å². The molecule has 1 heterocycles. The largest absolute Gasteiger partial charge is 0.375 e. The van der Waals surface area contributed by atoms with Crippen LogP contribution in [0.25, 0.3) is 0 Å². The van der Waals surface area contributed by atoms with Gasteiger partial charge in [-0.15, -0.1) is 0 Å². The maximum atomic E-state index is 12.2. The zero-order valence-electron chi connectivity index (χ0n) is 13.1. The molecule has 0 saturated carbocycles. The van der Waals surface area contributed by atoms with Crippen LogP contribution >= 0.6 is 0 Å². The van der Waals surface area contributed by atoms with Crippen molar-refractivity contribution in [2.24, 2.45) is 11.1 Å². The number of hydrogen-bond donors (Lipinski definition) is 2. The molecule has 0 bridgehead atoms. The molecule has 0 aliphatic carbocycles. The molecular weight excluding hydrogens is 240 g/mol. The molecule has 0 aromatic heterocycles. The minimum Gasteiger partial charge on any atom is -0.375 e. The van der Waals surface area contributed by atoms with E-state index in [4.69, 9.17) is 10.5 Å². The van der Waals surface area contributed by atoms with Gasteiger partial charge < -0.3 is 15.8 Å². The summed E-state index contributed by atoms with van der Waals surface area (Å²) in [5.41, 5.74) is 5.73. The van der Waals surface area contributed by atoms with Crippen LogP contribution in [0.5, 0.6) is 0 Å². The quantitative estimate of drug-likeness (QED) is 0.823. The number of hydrogen-bond acceptors (Lipinski definition) is 3. The van der Waals surface area contributed by atoms with Crippen LogP contribution in [0.2, 0.25) is 0 Å². The number of nitrogens with two attached hydrogens (primary N) is 1. The molecule has 0 radical (unpaired) electrons. The topological polar surface area (TPSA) is 64.4 Å². The van der Waals surface area contributed by atoms with Crippen molar-refractivity contribution in [1.29, 1.82) is 0 Å². The highest BCUT2D eigenvalue weighted by atomic mass is 16.5. The maximum absolute atomic E-state index is 12.2. The van der Waals surface area contributed by atoms with Gasteiger partial charge in [0.15, 0.2) is 0 Å². The van der Waals surface area contributed by atoms with E-state index in [0.29, 0.717) is 0 Å². The molecule has 3 N–H and O–H groups in total. The number of ether oxygens (including phenoxy) is 1. The van der Waals surface area contributed by atoms with Gasteiger partial charge in [0.2, 0.25) is 5.91 Å². The number of carbonyl (C=O) groups excluding carboxylic acids is 1. The Hall–Kier alpha value is -0.610. The summed E-state index contributed by atoms with van der Waals surface area (Å²) in [6.45, 7) is 11.0. The van der Waals surface area contributed by atoms with Gasteiger partial charge in [0.25, 0.3) is 0 Å². The lowest BCUT2D eigenvalue weighted by atomic mass is 9.84. The SMILES string of the molecule is CCC1(CC)CC(NC(=O)[C@@H](N)C(C)(C)C)CCO1. The summed E-state index contributed by atoms with van der Waals surface area (Å²) in [4.78, 5) is 12.2. The molecule has 4 heteroatoms. The van der Waals surface area contributed by atoms with Gasteiger partial charge in [-0.05, 0) is 31.1 Å². The summed E-state index contributed by atoms with van der Waals surface area (Å²) in [6, 6.07) is -0.275. The van der Waals surface area contributed by atoms with Gasteiger partial charge in [-0.1, -0.05) is 34.6 Å². The first-order valence-electron chi connectivity index (χ1n) is 7.44. The summed E-state index contributed by atoms with van der Waals surface area (Å²) in [5, 5.41) is 3.10. The molecule has 1 amide bonds. The van der Waals surface area contributed by atoms with Crippen LogP contribution in [-0.2, 0) is 9.53 Å². The number of rotatable bonds is 4. The molecule has 1 fully saturated rings. The van der Waals surface area contributed by atoms with E-state index >= 15 is 0 Å². The number of carbonyl (C=O) groups is 1. The summed E-state index contributed by atoms with van der Waals surface area (Å²) in [7, 11) is 0. The van der Waals surface area contributed by atoms with Crippen LogP contribution in [0.15, 0.2) is 0 Å². The van der Waals surface area contributed by atoms with Crippen LogP contribution in [0, 0.1) is 5.41 Å². The van der Waals surface area contributed by atoms with Crippen molar-refractivity contribution in [1.82, 2.24) is 5.32 Å². The fourth-order valence-electron chi connectivity index (χ4n) is 2.58. The van der Waals surface area contributed by atoms with E-state index in [2.05, 4.69) is 19.2 Å². The van der Waals surface area contributed by atoms with Gasteiger partial charge in [0.1, 0.15) is 0 Å². The van der Waals surface area contributed by atoms with E-state index in [1.807, 2.05) is 20.8 Å². The molecule has 1 saturated heterocycles. The van der Waals surface area contributed by atoms with Crippen molar-refractivity contribution in [3.8, 4) is 0 Å². The van der Waals surface area contributed by atoms with Gasteiger partial charge in [0, 0.05) is 12.6 Å². The van der Waals surface area contributed by atoms with Crippen molar-refractivity contribution in [3.05, 3.63) is 0 Å². The Morgan fingerprint density at radius 3 is 2.47 bits per heavy atom. The third-order valence-electron chi connectivity index (χ3n) is 4.34. The Bertz CT molecular complexity index is 306. The van der Waals surface area contributed by atoms with Gasteiger partial charge in [0.05, 0.1) is 11.6 Å². The molecule has 19 heavy (non-hydrogen) atoms. The molecule has 112 valence electrons. The zero-order valence-corrected chi connectivity index (χ0v) is 13.1. The van der Waals surface area contributed by atoms with Crippen LogP contribution in [0.1, 0.15) is 60.3 Å². The Kier molecular flexibility index (Phi) is 5.39. The number of nitrogens with one attached hydrogen (secondary N) is 1. The third kappa shape index (κ3) is 4.18. The van der Waals surface area contributed by atoms with Crippen molar-refractivity contribution in [3.63, 3.8) is 0 Å². The first kappa shape index (κ1) is 16.4. The average molecular weight is 270 g/mol. The molecule has 2 atom stereocenters. The second-order valence-electron chi connectivity index (χ2n) is 6.78. The molecule has 1 aliphatic rings. The van der Waals surface area contributed by atoms with Gasteiger partial charge >= 0.3 is 0 Å². The predicted molar refractivity (Wildman–Crippen MR) is 77.9 cm³/mol. The van der Waals surface area contributed by atoms with Crippen LogP contribution in [-0.4, -0.2) is 30.2 Å². The smallest absolute Gasteiger partial charge is 0.237 e. The molecule has 0 aromatic rings. The van der Waals surface area contributed by atoms with E-state index in [1.54, 1.807) is 0 Å². The highest BCUT2D eigenvalue weighted by molar-refractivity contribution is 5.82. The molecule has 0 spiro atoms. The highest BCUT2D eigenvalue weighted by Gasteiger charge is 2.36. The number of amides is 1. The molecule has 1 rings (SSSR count). The lowest BCUT2D eigenvalue weighted by molar-refractivity contribution is -0.129. The molecule has 0 aromatic carbocycles. The molecule has 1 unspecified atom stereocenters. The normalized spacial score (nSPS) is 24.8. The van der Waals surface area contributed by atoms with Crippen molar-refractivity contribution in [2.45, 2.75) is 78.0 Å². The minimum atomic E-state index is -0.465. The third-order valence-corrected chi connectivity index (χ3v) is 4.34. The van der Waals surface area contributed by atoms with Crippen LogP contribution < -0.4 is 11.1 Å². The van der Waals surface area contributed by atoms with E-state index in [-0.39, 0.29) is 23.0 Å². The van der Waals surface area contributed by atoms with E-state index in [9.17, 15) is 4.79 Å². The average Bonchev–Trinajstić information content (AvgIpc) is 2.36. The lowest BCUT2D eigenvalue weighted by Gasteiger charge is -2.41. The Morgan fingerprint density at radius 2 is 2.00 bits per heavy atom. The molecule has 4 nitrogen and oxygen atoms in total. The van der Waals surface area contributed by atoms with Crippen molar-refractivity contribution >= 4 is 5.91 Å². The first-order valence-corrected chi connectivity index (χ1v) is 7.44. The Balaban J connectivity index is 2.60. The second kappa shape index (κ2) is 6.23. The monoisotopic (exact) mass is 270 g/mol. The Labute approximate surface area is 117 Å². The summed E-state index contributed by atoms with van der Waals surface area (Å²) in [6.07, 6.45) is 3.75. The predicted octanol–water partition coefficient (Wildman–Crippen LogP) is 2.21. The standard InChI is InChI=1S/C15H30N2O2/c1-6-15(7-2)10-11(8-9-19-15)17-13(18)12(16)14(3,4)5/h11-12H,6-10,16H2,1-5H3,(H,17,18)/t11?,12-/m1/s1. The molecule has 1 aliphatic heterocycles. The lowest BCUT2D eigenvalue weighted by Crippen LogP contribution is -2.54. The zero-order chi connectivity index (χ0) is 14.7. The van der Waals surface area contributed by atoms with Gasteiger partial charge in [-0.25, -0.2) is 0 Å². The second-order valence-corrected chi connectivity index (χ2v) is 6.78. The summed E-state index contributed by atoms with van der Waals surface area (Å²) < 4.78 is 5.92. The molecular formula is C15H30N2O2. The fraction of sp³-hybridized carbons (Fsp3) is 0.933. The van der Waals surface area contributed by atoms with Crippen LogP contribution in [0.3, 0.4) is 0 Å². The van der Waals surface area contributed by atoms with E-state index < -0.39 is 6.04 Å². The van der Waals surface area contributed by atoms with Crippen molar-refractivity contribution < 1.29 is 9.53 Å². The fourth-order valence-corrected chi connectivity index (χ4v) is 2.58. The van der Waals surface area contributed by atoms with Gasteiger partial charge in [-0.2, -0.15) is 0 Å².